The molecule has 0 aliphatic carbocycles. The van der Waals surface area contributed by atoms with Crippen molar-refractivity contribution in [1.82, 2.24) is 14.5 Å². The third-order valence-electron chi connectivity index (χ3n) is 6.36. The Kier molecular flexibility index (Phi) is 8.16. The van der Waals surface area contributed by atoms with Gasteiger partial charge in [-0.3, -0.25) is 9.59 Å². The lowest BCUT2D eigenvalue weighted by Crippen LogP contribution is -2.23. The number of rotatable bonds is 10. The van der Waals surface area contributed by atoms with E-state index in [0.29, 0.717) is 50.6 Å². The first-order chi connectivity index (χ1) is 20.0. The van der Waals surface area contributed by atoms with E-state index in [2.05, 4.69) is 10.3 Å². The van der Waals surface area contributed by atoms with E-state index in [-0.39, 0.29) is 17.2 Å². The highest BCUT2D eigenvalue weighted by atomic mass is 32.2. The maximum Gasteiger partial charge on any atom is 0.283 e. The normalized spacial score (nSPS) is 10.8. The highest BCUT2D eigenvalue weighted by molar-refractivity contribution is 7.99. The minimum atomic E-state index is -0.317. The fourth-order valence-corrected chi connectivity index (χ4v) is 5.28. The van der Waals surface area contributed by atoms with Crippen LogP contribution in [0, 0.1) is 0 Å². The molecule has 1 amide bonds. The monoisotopic (exact) mass is 572 g/mol. The van der Waals surface area contributed by atoms with E-state index < -0.39 is 0 Å². The summed E-state index contributed by atoms with van der Waals surface area (Å²) in [5, 5.41) is 3.19. The van der Waals surface area contributed by atoms with E-state index in [9.17, 15) is 9.59 Å². The van der Waals surface area contributed by atoms with Crippen LogP contribution in [0.1, 0.15) is 0 Å². The smallest absolute Gasteiger partial charge is 0.283 e. The number of aromatic nitrogens is 3. The molecular formula is C30H28N4O6S. The largest absolute Gasteiger partial charge is 0.495 e. The van der Waals surface area contributed by atoms with Crippen LogP contribution in [0.3, 0.4) is 0 Å². The summed E-state index contributed by atoms with van der Waals surface area (Å²) >= 11 is 1.14. The number of hydrogen-bond donors (Lipinski definition) is 2. The van der Waals surface area contributed by atoms with Gasteiger partial charge in [0.2, 0.25) is 11.7 Å². The van der Waals surface area contributed by atoms with Gasteiger partial charge < -0.3 is 29.2 Å². The highest BCUT2D eigenvalue weighted by Crippen LogP contribution is 2.40. The van der Waals surface area contributed by atoms with Crippen LogP contribution in [0.15, 0.2) is 82.9 Å². The van der Waals surface area contributed by atoms with Crippen molar-refractivity contribution >= 4 is 34.4 Å². The van der Waals surface area contributed by atoms with Gasteiger partial charge in [0.05, 0.1) is 39.9 Å². The van der Waals surface area contributed by atoms with E-state index in [0.717, 1.165) is 22.9 Å². The first kappa shape index (κ1) is 27.7. The van der Waals surface area contributed by atoms with Gasteiger partial charge in [0, 0.05) is 29.6 Å². The predicted molar refractivity (Wildman–Crippen MR) is 159 cm³/mol. The molecule has 5 aromatic rings. The van der Waals surface area contributed by atoms with Crippen molar-refractivity contribution in [2.24, 2.45) is 0 Å². The number of nitrogens with zero attached hydrogens (tertiary/aromatic N) is 2. The Hall–Kier alpha value is -4.90. The third kappa shape index (κ3) is 5.44. The Morgan fingerprint density at radius 2 is 1.56 bits per heavy atom. The minimum absolute atomic E-state index is 0.0329. The molecule has 2 N–H and O–H groups in total. The second-order valence-electron chi connectivity index (χ2n) is 8.75. The summed E-state index contributed by atoms with van der Waals surface area (Å²) in [5.74, 6) is 1.38. The van der Waals surface area contributed by atoms with Gasteiger partial charge in [0.25, 0.3) is 5.56 Å². The summed E-state index contributed by atoms with van der Waals surface area (Å²) < 4.78 is 23.1. The molecule has 210 valence electrons. The van der Waals surface area contributed by atoms with E-state index >= 15 is 0 Å². The SMILES string of the molecule is COc1ccccc1-n1c(SCC(=O)Nc2cc(OC)c(OC)c(OC)c2)nc2c(-c3ccccc3)c[nH]c2c1=O. The molecule has 0 saturated heterocycles. The van der Waals surface area contributed by atoms with E-state index in [4.69, 9.17) is 23.9 Å². The summed E-state index contributed by atoms with van der Waals surface area (Å²) in [7, 11) is 6.05. The zero-order chi connectivity index (χ0) is 28.9. The molecule has 3 aromatic carbocycles. The van der Waals surface area contributed by atoms with Crippen LogP contribution >= 0.6 is 11.8 Å². The summed E-state index contributed by atoms with van der Waals surface area (Å²) in [6.07, 6.45) is 1.77. The van der Waals surface area contributed by atoms with E-state index in [1.165, 1.54) is 33.0 Å². The number of methoxy groups -OCH3 is 4. The molecule has 11 heteroatoms. The first-order valence-electron chi connectivity index (χ1n) is 12.5. The number of amides is 1. The maximum absolute atomic E-state index is 13.9. The molecule has 0 spiro atoms. The molecular weight excluding hydrogens is 544 g/mol. The van der Waals surface area contributed by atoms with Crippen LogP contribution in [0.5, 0.6) is 23.0 Å². The highest BCUT2D eigenvalue weighted by Gasteiger charge is 2.21. The van der Waals surface area contributed by atoms with Gasteiger partial charge in [0.1, 0.15) is 16.8 Å². The van der Waals surface area contributed by atoms with Crippen LogP contribution in [-0.4, -0.2) is 54.6 Å². The Labute approximate surface area is 240 Å². The number of fused-ring (bicyclic) bond motifs is 1. The third-order valence-corrected chi connectivity index (χ3v) is 7.30. The Morgan fingerprint density at radius 1 is 0.902 bits per heavy atom. The molecule has 0 radical (unpaired) electrons. The maximum atomic E-state index is 13.9. The number of nitrogens with one attached hydrogen (secondary N) is 2. The number of ether oxygens (including phenoxy) is 4. The molecule has 0 fully saturated rings. The lowest BCUT2D eigenvalue weighted by atomic mass is 10.1. The summed E-state index contributed by atoms with van der Waals surface area (Å²) in [4.78, 5) is 35.0. The molecule has 5 rings (SSSR count). The van der Waals surface area contributed by atoms with Gasteiger partial charge in [-0.05, 0) is 17.7 Å². The lowest BCUT2D eigenvalue weighted by Gasteiger charge is -2.16. The fourth-order valence-electron chi connectivity index (χ4n) is 4.48. The summed E-state index contributed by atoms with van der Waals surface area (Å²) in [6.45, 7) is 0. The number of anilines is 1. The van der Waals surface area contributed by atoms with Crippen LogP contribution in [-0.2, 0) is 4.79 Å². The molecule has 2 aromatic heterocycles. The van der Waals surface area contributed by atoms with Crippen molar-refractivity contribution < 1.29 is 23.7 Å². The molecule has 0 atom stereocenters. The molecule has 0 aliphatic rings. The van der Waals surface area contributed by atoms with Crippen molar-refractivity contribution in [2.45, 2.75) is 5.16 Å². The second-order valence-corrected chi connectivity index (χ2v) is 9.69. The van der Waals surface area contributed by atoms with E-state index in [1.54, 1.807) is 30.5 Å². The zero-order valence-electron chi connectivity index (χ0n) is 22.9. The number of carbonyl (C=O) groups excluding carboxylic acids is 1. The summed E-state index contributed by atoms with van der Waals surface area (Å²) in [6, 6.07) is 20.1. The molecule has 10 nitrogen and oxygen atoms in total. The molecule has 0 saturated carbocycles. The Balaban J connectivity index is 1.53. The van der Waals surface area contributed by atoms with Gasteiger partial charge in [-0.25, -0.2) is 9.55 Å². The van der Waals surface area contributed by atoms with Crippen LogP contribution < -0.4 is 29.8 Å². The first-order valence-corrected chi connectivity index (χ1v) is 13.5. The minimum Gasteiger partial charge on any atom is -0.495 e. The average Bonchev–Trinajstić information content (AvgIpc) is 3.44. The number of aromatic amines is 1. The van der Waals surface area contributed by atoms with Crippen LogP contribution in [0.4, 0.5) is 5.69 Å². The van der Waals surface area contributed by atoms with Gasteiger partial charge in [-0.2, -0.15) is 0 Å². The van der Waals surface area contributed by atoms with Crippen LogP contribution in [0.2, 0.25) is 0 Å². The molecule has 41 heavy (non-hydrogen) atoms. The Bertz CT molecular complexity index is 1740. The average molecular weight is 573 g/mol. The van der Waals surface area contributed by atoms with Crippen LogP contribution in [0.25, 0.3) is 27.8 Å². The predicted octanol–water partition coefficient (Wildman–Crippen LogP) is 5.15. The second kappa shape index (κ2) is 12.1. The molecule has 0 aliphatic heterocycles. The number of thioether (sulfide) groups is 1. The van der Waals surface area contributed by atoms with Crippen molar-refractivity contribution in [1.29, 1.82) is 0 Å². The number of para-hydroxylation sites is 2. The van der Waals surface area contributed by atoms with E-state index in [1.807, 2.05) is 42.5 Å². The number of hydrogen-bond acceptors (Lipinski definition) is 8. The molecule has 0 bridgehead atoms. The standard InChI is InChI=1S/C30H28N4O6S/c1-37-22-13-9-8-12-21(22)34-29(36)27-26(20(16-31-27)18-10-6-5-7-11-18)33-30(34)41-17-25(35)32-19-14-23(38-2)28(40-4)24(15-19)39-3/h5-16,31H,17H2,1-4H3,(H,32,35). The quantitative estimate of drug-likeness (QED) is 0.174. The fraction of sp³-hybridized carbons (Fsp3) is 0.167. The van der Waals surface area contributed by atoms with Crippen molar-refractivity contribution in [3.63, 3.8) is 0 Å². The molecule has 0 unspecified atom stereocenters. The van der Waals surface area contributed by atoms with Crippen molar-refractivity contribution in [3.8, 4) is 39.8 Å². The van der Waals surface area contributed by atoms with Gasteiger partial charge >= 0.3 is 0 Å². The number of carbonyl (C=O) groups is 1. The summed E-state index contributed by atoms with van der Waals surface area (Å²) in [5.41, 5.74) is 3.23. The number of benzene rings is 3. The Morgan fingerprint density at radius 3 is 2.22 bits per heavy atom. The van der Waals surface area contributed by atoms with Gasteiger partial charge in [-0.15, -0.1) is 0 Å². The van der Waals surface area contributed by atoms with Crippen molar-refractivity contribution in [2.75, 3.05) is 39.5 Å². The topological polar surface area (TPSA) is 117 Å². The zero-order valence-corrected chi connectivity index (χ0v) is 23.7. The van der Waals surface area contributed by atoms with Gasteiger partial charge in [0.15, 0.2) is 16.7 Å². The lowest BCUT2D eigenvalue weighted by molar-refractivity contribution is -0.113. The van der Waals surface area contributed by atoms with Gasteiger partial charge in [-0.1, -0.05) is 54.2 Å². The molecule has 2 heterocycles. The number of H-pyrrole nitrogens is 1. The van der Waals surface area contributed by atoms with Crippen molar-refractivity contribution in [3.05, 3.63) is 83.3 Å².